The number of thiophene rings is 1. The Morgan fingerprint density at radius 3 is 2.89 bits per heavy atom. The van der Waals surface area contributed by atoms with E-state index in [0.29, 0.717) is 15.0 Å². The molecule has 0 saturated carbocycles. The van der Waals surface area contributed by atoms with Crippen molar-refractivity contribution < 1.29 is 9.18 Å². The number of carbonyl (C=O) groups excluding carboxylic acids is 1. The first-order valence-electron chi connectivity index (χ1n) is 5.47. The molecule has 0 atom stereocenters. The topological polar surface area (TPSA) is 34.9 Å². The zero-order chi connectivity index (χ0) is 13.6. The highest BCUT2D eigenvalue weighted by atomic mass is 79.9. The molecule has 0 N–H and O–H groups in total. The lowest BCUT2D eigenvalue weighted by Crippen LogP contribution is -2.07. The van der Waals surface area contributed by atoms with Gasteiger partial charge in [-0.15, -0.1) is 11.3 Å². The Morgan fingerprint density at radius 2 is 2.21 bits per heavy atom. The highest BCUT2D eigenvalue weighted by molar-refractivity contribution is 9.10. The molecule has 0 aliphatic rings. The molecule has 6 heteroatoms. The smallest absolute Gasteiger partial charge is 0.222 e. The number of fused-ring (bicyclic) bond motifs is 1. The fourth-order valence-corrected chi connectivity index (χ4v) is 3.46. The van der Waals surface area contributed by atoms with Gasteiger partial charge in [0.15, 0.2) is 0 Å². The van der Waals surface area contributed by atoms with Crippen LogP contribution in [0.25, 0.3) is 10.1 Å². The average molecular weight is 339 g/mol. The lowest BCUT2D eigenvalue weighted by Gasteiger charge is -1.99. The summed E-state index contributed by atoms with van der Waals surface area (Å²) in [5, 5.41) is 4.89. The molecule has 0 fully saturated rings. The highest BCUT2D eigenvalue weighted by Gasteiger charge is 2.19. The zero-order valence-corrected chi connectivity index (χ0v) is 12.3. The van der Waals surface area contributed by atoms with Crippen molar-refractivity contribution in [2.24, 2.45) is 7.05 Å². The Kier molecular flexibility index (Phi) is 2.99. The summed E-state index contributed by atoms with van der Waals surface area (Å²) < 4.78 is 16.1. The fraction of sp³-hybridized carbons (Fsp3) is 0.0769. The lowest BCUT2D eigenvalue weighted by molar-refractivity contribution is 0.103. The Bertz CT molecular complexity index is 774. The van der Waals surface area contributed by atoms with Gasteiger partial charge in [0, 0.05) is 11.7 Å². The van der Waals surface area contributed by atoms with E-state index in [1.165, 1.54) is 28.2 Å². The molecule has 3 aromatic rings. The maximum Gasteiger partial charge on any atom is 0.222 e. The summed E-state index contributed by atoms with van der Waals surface area (Å²) >= 11 is 4.59. The zero-order valence-electron chi connectivity index (χ0n) is 9.85. The van der Waals surface area contributed by atoms with Crippen LogP contribution in [-0.2, 0) is 7.05 Å². The maximum atomic E-state index is 13.1. The van der Waals surface area contributed by atoms with Crippen LogP contribution in [0.4, 0.5) is 4.39 Å². The van der Waals surface area contributed by atoms with Crippen LogP contribution >= 0.6 is 27.3 Å². The molecule has 3 rings (SSSR count). The van der Waals surface area contributed by atoms with Gasteiger partial charge in [-0.05, 0) is 39.5 Å². The van der Waals surface area contributed by atoms with Gasteiger partial charge in [-0.1, -0.05) is 6.07 Å². The minimum atomic E-state index is -0.296. The second-order valence-corrected chi connectivity index (χ2v) is 6.02. The van der Waals surface area contributed by atoms with Gasteiger partial charge in [0.25, 0.3) is 0 Å². The summed E-state index contributed by atoms with van der Waals surface area (Å²) in [5.41, 5.74) is 0.493. The number of nitrogens with zero attached hydrogens (tertiary/aromatic N) is 2. The van der Waals surface area contributed by atoms with Gasteiger partial charge in [-0.25, -0.2) is 4.39 Å². The molecule has 0 spiro atoms. The molecular weight excluding hydrogens is 331 g/mol. The second-order valence-electron chi connectivity index (χ2n) is 4.09. The number of carbonyl (C=O) groups is 1. The third-order valence-electron chi connectivity index (χ3n) is 2.82. The molecule has 1 aromatic carbocycles. The van der Waals surface area contributed by atoms with E-state index in [1.54, 1.807) is 25.4 Å². The van der Waals surface area contributed by atoms with Gasteiger partial charge in [-0.3, -0.25) is 9.48 Å². The molecule has 3 nitrogen and oxygen atoms in total. The van der Waals surface area contributed by atoms with Crippen LogP contribution in [0.2, 0.25) is 0 Å². The summed E-state index contributed by atoms with van der Waals surface area (Å²) in [6.07, 6.45) is 1.58. The molecular formula is C13H8BrFN2OS. The lowest BCUT2D eigenvalue weighted by atomic mass is 10.2. The van der Waals surface area contributed by atoms with Crippen LogP contribution in [0.5, 0.6) is 0 Å². The molecule has 0 aliphatic heterocycles. The molecule has 0 bridgehead atoms. The fourth-order valence-electron chi connectivity index (χ4n) is 1.90. The summed E-state index contributed by atoms with van der Waals surface area (Å²) in [4.78, 5) is 13.0. The van der Waals surface area contributed by atoms with Gasteiger partial charge >= 0.3 is 0 Å². The normalized spacial score (nSPS) is 11.1. The van der Waals surface area contributed by atoms with Crippen LogP contribution in [0.1, 0.15) is 15.4 Å². The van der Waals surface area contributed by atoms with Crippen LogP contribution < -0.4 is 0 Å². The van der Waals surface area contributed by atoms with Crippen molar-refractivity contribution in [2.45, 2.75) is 0 Å². The third kappa shape index (κ3) is 2.11. The number of halogens is 2. The van der Waals surface area contributed by atoms with Crippen LogP contribution in [-0.4, -0.2) is 15.6 Å². The van der Waals surface area contributed by atoms with Gasteiger partial charge in [0.2, 0.25) is 5.78 Å². The van der Waals surface area contributed by atoms with Crippen molar-refractivity contribution >= 4 is 43.1 Å². The van der Waals surface area contributed by atoms with Gasteiger partial charge in [-0.2, -0.15) is 5.10 Å². The number of benzene rings is 1. The number of ketones is 1. The quantitative estimate of drug-likeness (QED) is 0.666. The molecule has 0 radical (unpaired) electrons. The van der Waals surface area contributed by atoms with E-state index in [-0.39, 0.29) is 11.6 Å². The maximum absolute atomic E-state index is 13.1. The largest absolute Gasteiger partial charge is 0.286 e. The minimum Gasteiger partial charge on any atom is -0.286 e. The molecule has 96 valence electrons. The monoisotopic (exact) mass is 338 g/mol. The minimum absolute atomic E-state index is 0.117. The molecule has 0 saturated heterocycles. The van der Waals surface area contributed by atoms with Gasteiger partial charge < -0.3 is 0 Å². The first-order valence-corrected chi connectivity index (χ1v) is 7.08. The van der Waals surface area contributed by atoms with Crippen molar-refractivity contribution in [3.63, 3.8) is 0 Å². The van der Waals surface area contributed by atoms with Crippen molar-refractivity contribution in [1.29, 1.82) is 0 Å². The van der Waals surface area contributed by atoms with Crippen LogP contribution in [0.15, 0.2) is 34.9 Å². The molecule has 19 heavy (non-hydrogen) atoms. The first kappa shape index (κ1) is 12.5. The van der Waals surface area contributed by atoms with Crippen molar-refractivity contribution in [3.8, 4) is 0 Å². The van der Waals surface area contributed by atoms with E-state index < -0.39 is 0 Å². The number of hydrogen-bond donors (Lipinski definition) is 0. The highest BCUT2D eigenvalue weighted by Crippen LogP contribution is 2.29. The van der Waals surface area contributed by atoms with Crippen molar-refractivity contribution in [2.75, 3.05) is 0 Å². The van der Waals surface area contributed by atoms with E-state index in [0.717, 1.165) is 10.1 Å². The summed E-state index contributed by atoms with van der Waals surface area (Å²) in [6, 6.07) is 6.29. The first-order chi connectivity index (χ1) is 9.06. The third-order valence-corrected chi connectivity index (χ3v) is 4.49. The molecule has 0 amide bonds. The van der Waals surface area contributed by atoms with E-state index in [4.69, 9.17) is 0 Å². The van der Waals surface area contributed by atoms with E-state index >= 15 is 0 Å². The summed E-state index contributed by atoms with van der Waals surface area (Å²) in [5.74, 6) is -0.413. The summed E-state index contributed by atoms with van der Waals surface area (Å²) in [6.45, 7) is 0. The Labute approximate surface area is 120 Å². The SMILES string of the molecule is Cn1ncc(Br)c1C(=O)c1cc2ccc(F)cc2s1. The van der Waals surface area contributed by atoms with Crippen molar-refractivity contribution in [3.05, 3.63) is 51.3 Å². The molecule has 2 heterocycles. The van der Waals surface area contributed by atoms with E-state index in [1.807, 2.05) is 0 Å². The number of hydrogen-bond acceptors (Lipinski definition) is 3. The van der Waals surface area contributed by atoms with Crippen LogP contribution in [0.3, 0.4) is 0 Å². The Balaban J connectivity index is 2.12. The standard InChI is InChI=1S/C13H8BrFN2OS/c1-17-12(9(14)6-16-17)13(18)11-4-7-2-3-8(15)5-10(7)19-11/h2-6H,1H3. The summed E-state index contributed by atoms with van der Waals surface area (Å²) in [7, 11) is 1.71. The van der Waals surface area contributed by atoms with Gasteiger partial charge in [0.05, 0.1) is 15.5 Å². The molecule has 2 aromatic heterocycles. The molecule has 0 unspecified atom stereocenters. The predicted octanol–water partition coefficient (Wildman–Crippen LogP) is 3.77. The van der Waals surface area contributed by atoms with Gasteiger partial charge in [0.1, 0.15) is 11.5 Å². The predicted molar refractivity (Wildman–Crippen MR) is 76.1 cm³/mol. The van der Waals surface area contributed by atoms with E-state index in [2.05, 4.69) is 21.0 Å². The van der Waals surface area contributed by atoms with E-state index in [9.17, 15) is 9.18 Å². The van der Waals surface area contributed by atoms with Crippen molar-refractivity contribution in [1.82, 2.24) is 9.78 Å². The number of aryl methyl sites for hydroxylation is 1. The Morgan fingerprint density at radius 1 is 1.42 bits per heavy atom. The average Bonchev–Trinajstić information content (AvgIpc) is 2.92. The number of aromatic nitrogens is 2. The van der Waals surface area contributed by atoms with Crippen LogP contribution in [0, 0.1) is 5.82 Å². The molecule has 0 aliphatic carbocycles. The number of rotatable bonds is 2. The second kappa shape index (κ2) is 4.54. The Hall–Kier alpha value is -1.53.